The van der Waals surface area contributed by atoms with Crippen LogP contribution in [0.4, 0.5) is 5.00 Å². The van der Waals surface area contributed by atoms with Crippen molar-refractivity contribution in [3.63, 3.8) is 0 Å². The number of thiophene rings is 1. The number of aromatic nitrogens is 3. The van der Waals surface area contributed by atoms with Crippen molar-refractivity contribution >= 4 is 39.9 Å². The number of anilines is 1. The lowest BCUT2D eigenvalue weighted by molar-refractivity contribution is -0.113. The molecule has 0 radical (unpaired) electrons. The fourth-order valence-electron chi connectivity index (χ4n) is 3.66. The van der Waals surface area contributed by atoms with Gasteiger partial charge in [-0.3, -0.25) is 9.59 Å². The SMILES string of the molecule is CC1CCc2c(sc(NC(=O)CSc3nnc(C(C)C)n3C(C)C)c2C(N)=O)C1. The zero-order valence-electron chi connectivity index (χ0n) is 17.6. The summed E-state index contributed by atoms with van der Waals surface area (Å²) in [6.45, 7) is 10.5. The van der Waals surface area contributed by atoms with Gasteiger partial charge in [0.2, 0.25) is 5.91 Å². The number of rotatable bonds is 7. The number of hydrogen-bond acceptors (Lipinski definition) is 6. The smallest absolute Gasteiger partial charge is 0.251 e. The van der Waals surface area contributed by atoms with Gasteiger partial charge in [-0.2, -0.15) is 0 Å². The lowest BCUT2D eigenvalue weighted by atomic mass is 9.88. The number of carbonyl (C=O) groups is 2. The molecule has 29 heavy (non-hydrogen) atoms. The molecule has 1 aliphatic rings. The molecule has 2 amide bonds. The molecule has 3 N–H and O–H groups in total. The summed E-state index contributed by atoms with van der Waals surface area (Å²) in [5, 5.41) is 12.8. The van der Waals surface area contributed by atoms with Crippen LogP contribution in [0.1, 0.15) is 79.6 Å². The minimum Gasteiger partial charge on any atom is -0.365 e. The Balaban J connectivity index is 1.73. The number of nitrogens with two attached hydrogens (primary N) is 1. The highest BCUT2D eigenvalue weighted by Crippen LogP contribution is 2.39. The highest BCUT2D eigenvalue weighted by atomic mass is 32.2. The van der Waals surface area contributed by atoms with Crippen LogP contribution in [0.2, 0.25) is 0 Å². The highest BCUT2D eigenvalue weighted by Gasteiger charge is 2.27. The Kier molecular flexibility index (Phi) is 6.68. The van der Waals surface area contributed by atoms with Crippen LogP contribution in [0.25, 0.3) is 0 Å². The Labute approximate surface area is 179 Å². The Morgan fingerprint density at radius 2 is 2.03 bits per heavy atom. The van der Waals surface area contributed by atoms with Gasteiger partial charge in [0.25, 0.3) is 5.91 Å². The lowest BCUT2D eigenvalue weighted by Gasteiger charge is -2.18. The van der Waals surface area contributed by atoms with Gasteiger partial charge < -0.3 is 15.6 Å². The number of primary amides is 1. The maximum absolute atomic E-state index is 12.6. The molecule has 7 nitrogen and oxygen atoms in total. The van der Waals surface area contributed by atoms with E-state index in [9.17, 15) is 9.59 Å². The van der Waals surface area contributed by atoms with E-state index < -0.39 is 5.91 Å². The summed E-state index contributed by atoms with van der Waals surface area (Å²) >= 11 is 2.84. The first-order valence-corrected chi connectivity index (χ1v) is 11.8. The van der Waals surface area contributed by atoms with E-state index >= 15 is 0 Å². The summed E-state index contributed by atoms with van der Waals surface area (Å²) in [6.07, 6.45) is 2.81. The summed E-state index contributed by atoms with van der Waals surface area (Å²) in [5.41, 5.74) is 7.14. The van der Waals surface area contributed by atoms with Crippen molar-refractivity contribution in [1.29, 1.82) is 0 Å². The topological polar surface area (TPSA) is 103 Å². The van der Waals surface area contributed by atoms with E-state index in [1.165, 1.54) is 28.0 Å². The van der Waals surface area contributed by atoms with Crippen molar-refractivity contribution in [2.24, 2.45) is 11.7 Å². The van der Waals surface area contributed by atoms with Crippen molar-refractivity contribution in [3.8, 4) is 0 Å². The first-order chi connectivity index (χ1) is 13.7. The molecule has 0 saturated carbocycles. The monoisotopic (exact) mass is 435 g/mol. The molecule has 2 aromatic heterocycles. The van der Waals surface area contributed by atoms with Crippen LogP contribution in [-0.4, -0.2) is 32.3 Å². The third-order valence-electron chi connectivity index (χ3n) is 5.07. The quantitative estimate of drug-likeness (QED) is 0.640. The highest BCUT2D eigenvalue weighted by molar-refractivity contribution is 7.99. The van der Waals surface area contributed by atoms with Crippen molar-refractivity contribution in [3.05, 3.63) is 21.8 Å². The third kappa shape index (κ3) is 4.66. The Hall–Kier alpha value is -1.87. The number of amides is 2. The molecule has 0 bridgehead atoms. The van der Waals surface area contributed by atoms with Gasteiger partial charge in [0.15, 0.2) is 5.16 Å². The minimum absolute atomic E-state index is 0.173. The predicted octanol–water partition coefficient (Wildman–Crippen LogP) is 4.00. The zero-order valence-corrected chi connectivity index (χ0v) is 19.2. The van der Waals surface area contributed by atoms with Gasteiger partial charge in [0.05, 0.1) is 11.3 Å². The number of thioether (sulfide) groups is 1. The van der Waals surface area contributed by atoms with Gasteiger partial charge in [0.1, 0.15) is 10.8 Å². The van der Waals surface area contributed by atoms with E-state index in [-0.39, 0.29) is 23.6 Å². The Bertz CT molecular complexity index is 916. The summed E-state index contributed by atoms with van der Waals surface area (Å²) in [5.74, 6) is 1.30. The fourth-order valence-corrected chi connectivity index (χ4v) is 5.96. The van der Waals surface area contributed by atoms with Crippen LogP contribution >= 0.6 is 23.1 Å². The predicted molar refractivity (Wildman–Crippen MR) is 118 cm³/mol. The molecule has 0 aliphatic heterocycles. The molecule has 0 aromatic carbocycles. The molecule has 3 rings (SSSR count). The molecular weight excluding hydrogens is 406 g/mol. The summed E-state index contributed by atoms with van der Waals surface area (Å²) in [4.78, 5) is 25.8. The number of nitrogens with one attached hydrogen (secondary N) is 1. The standard InChI is InChI=1S/C20H29N5O2S2/c1-10(2)18-23-24-20(25(18)11(3)4)28-9-15(26)22-19-16(17(21)27)13-7-6-12(5)8-14(13)29-19/h10-12H,6-9H2,1-5H3,(H2,21,27)(H,22,26). The van der Waals surface area contributed by atoms with E-state index in [0.717, 1.165) is 35.8 Å². The van der Waals surface area contributed by atoms with E-state index in [1.54, 1.807) is 0 Å². The average molecular weight is 436 g/mol. The molecule has 1 aliphatic carbocycles. The minimum atomic E-state index is -0.471. The first kappa shape index (κ1) is 21.8. The van der Waals surface area contributed by atoms with Gasteiger partial charge in [0, 0.05) is 16.8 Å². The van der Waals surface area contributed by atoms with Crippen LogP contribution in [0.3, 0.4) is 0 Å². The normalized spacial score (nSPS) is 16.3. The Morgan fingerprint density at radius 3 is 2.66 bits per heavy atom. The average Bonchev–Trinajstić information content (AvgIpc) is 3.20. The number of fused-ring (bicyclic) bond motifs is 1. The molecule has 1 atom stereocenters. The molecule has 0 spiro atoms. The largest absolute Gasteiger partial charge is 0.365 e. The molecule has 9 heteroatoms. The van der Waals surface area contributed by atoms with Gasteiger partial charge in [-0.1, -0.05) is 32.5 Å². The summed E-state index contributed by atoms with van der Waals surface area (Å²) in [6, 6.07) is 0.209. The number of carbonyl (C=O) groups excluding carboxylic acids is 2. The van der Waals surface area contributed by atoms with Crippen LogP contribution in [0.5, 0.6) is 0 Å². The van der Waals surface area contributed by atoms with Gasteiger partial charge in [-0.05, 0) is 44.6 Å². The molecule has 0 saturated heterocycles. The van der Waals surface area contributed by atoms with E-state index in [4.69, 9.17) is 5.73 Å². The van der Waals surface area contributed by atoms with Crippen LogP contribution in [0, 0.1) is 5.92 Å². The maximum atomic E-state index is 12.6. The van der Waals surface area contributed by atoms with Crippen molar-refractivity contribution in [2.45, 2.75) is 71.0 Å². The lowest BCUT2D eigenvalue weighted by Crippen LogP contribution is -2.20. The van der Waals surface area contributed by atoms with Crippen molar-refractivity contribution in [2.75, 3.05) is 11.1 Å². The van der Waals surface area contributed by atoms with Crippen LogP contribution < -0.4 is 11.1 Å². The summed E-state index contributed by atoms with van der Waals surface area (Å²) in [7, 11) is 0. The van der Waals surface area contributed by atoms with Crippen LogP contribution in [0.15, 0.2) is 5.16 Å². The molecule has 1 unspecified atom stereocenters. The van der Waals surface area contributed by atoms with E-state index in [1.807, 2.05) is 0 Å². The second-order valence-corrected chi connectivity index (χ2v) is 10.3. The van der Waals surface area contributed by atoms with Crippen molar-refractivity contribution in [1.82, 2.24) is 14.8 Å². The number of hydrogen-bond donors (Lipinski definition) is 2. The third-order valence-corrected chi connectivity index (χ3v) is 7.18. The van der Waals surface area contributed by atoms with Gasteiger partial charge in [-0.15, -0.1) is 21.5 Å². The molecule has 2 aromatic rings. The Morgan fingerprint density at radius 1 is 1.31 bits per heavy atom. The summed E-state index contributed by atoms with van der Waals surface area (Å²) < 4.78 is 2.07. The van der Waals surface area contributed by atoms with E-state index in [0.29, 0.717) is 16.5 Å². The molecular formula is C20H29N5O2S2. The second-order valence-electron chi connectivity index (χ2n) is 8.22. The molecule has 2 heterocycles. The maximum Gasteiger partial charge on any atom is 0.251 e. The zero-order chi connectivity index (χ0) is 21.3. The van der Waals surface area contributed by atoms with Gasteiger partial charge >= 0.3 is 0 Å². The number of nitrogens with zero attached hydrogens (tertiary/aromatic N) is 3. The van der Waals surface area contributed by atoms with Crippen molar-refractivity contribution < 1.29 is 9.59 Å². The van der Waals surface area contributed by atoms with Gasteiger partial charge in [-0.25, -0.2) is 0 Å². The first-order valence-electron chi connectivity index (χ1n) is 10.0. The van der Waals surface area contributed by atoms with Crippen LogP contribution in [-0.2, 0) is 17.6 Å². The fraction of sp³-hybridized carbons (Fsp3) is 0.600. The van der Waals surface area contributed by atoms with E-state index in [2.05, 4.69) is 54.7 Å². The molecule has 158 valence electrons. The molecule has 0 fully saturated rings. The second kappa shape index (κ2) is 8.87.